The summed E-state index contributed by atoms with van der Waals surface area (Å²) in [5.74, 6) is -0.488. The molecule has 0 radical (unpaired) electrons. The Morgan fingerprint density at radius 1 is 1.67 bits per heavy atom. The highest BCUT2D eigenvalue weighted by molar-refractivity contribution is 6.32. The smallest absolute Gasteiger partial charge is 0.288 e. The van der Waals surface area contributed by atoms with E-state index in [1.807, 2.05) is 6.92 Å². The van der Waals surface area contributed by atoms with Gasteiger partial charge in [0, 0.05) is 18.7 Å². The Morgan fingerprint density at radius 3 is 2.89 bits per heavy atom. The average Bonchev–Trinajstić information content (AvgIpc) is 2.35. The van der Waals surface area contributed by atoms with Gasteiger partial charge in [0.2, 0.25) is 0 Å². The molecule has 1 aromatic heterocycles. The third-order valence-electron chi connectivity index (χ3n) is 2.34. The van der Waals surface area contributed by atoms with Crippen molar-refractivity contribution in [2.24, 2.45) is 0 Å². The number of carbonyl (C=O) groups is 1. The van der Waals surface area contributed by atoms with Gasteiger partial charge in [0.25, 0.3) is 11.6 Å². The van der Waals surface area contributed by atoms with Crippen LogP contribution in [0.3, 0.4) is 0 Å². The van der Waals surface area contributed by atoms with Gasteiger partial charge in [0.15, 0.2) is 0 Å². The summed E-state index contributed by atoms with van der Waals surface area (Å²) in [4.78, 5) is 25.3. The van der Waals surface area contributed by atoms with Crippen LogP contribution in [0.25, 0.3) is 0 Å². The van der Waals surface area contributed by atoms with E-state index in [1.54, 1.807) is 7.05 Å². The maximum absolute atomic E-state index is 11.8. The molecule has 0 saturated carbocycles. The lowest BCUT2D eigenvalue weighted by Crippen LogP contribution is -2.37. The van der Waals surface area contributed by atoms with E-state index < -0.39 is 10.8 Å². The van der Waals surface area contributed by atoms with E-state index in [0.29, 0.717) is 6.54 Å². The van der Waals surface area contributed by atoms with Crippen LogP contribution < -0.4 is 10.6 Å². The molecule has 2 N–H and O–H groups in total. The summed E-state index contributed by atoms with van der Waals surface area (Å²) >= 11 is 5.73. The van der Waals surface area contributed by atoms with Crippen molar-refractivity contribution < 1.29 is 9.72 Å². The summed E-state index contributed by atoms with van der Waals surface area (Å²) < 4.78 is 0. The van der Waals surface area contributed by atoms with E-state index in [1.165, 1.54) is 0 Å². The van der Waals surface area contributed by atoms with Gasteiger partial charge in [-0.1, -0.05) is 11.6 Å². The molecule has 8 heteroatoms. The van der Waals surface area contributed by atoms with Crippen LogP contribution in [0.1, 0.15) is 17.3 Å². The molecule has 0 fully saturated rings. The lowest BCUT2D eigenvalue weighted by molar-refractivity contribution is -0.385. The van der Waals surface area contributed by atoms with Gasteiger partial charge in [-0.15, -0.1) is 0 Å². The molecule has 0 saturated heterocycles. The maximum Gasteiger partial charge on any atom is 0.288 e. The summed E-state index contributed by atoms with van der Waals surface area (Å²) in [5.41, 5.74) is -0.277. The number of hydrogen-bond acceptors (Lipinski definition) is 5. The molecule has 0 aromatic carbocycles. The van der Waals surface area contributed by atoms with E-state index in [-0.39, 0.29) is 22.4 Å². The van der Waals surface area contributed by atoms with Gasteiger partial charge in [-0.2, -0.15) is 0 Å². The third-order valence-corrected chi connectivity index (χ3v) is 2.64. The lowest BCUT2D eigenvalue weighted by Gasteiger charge is -2.11. The van der Waals surface area contributed by atoms with Crippen molar-refractivity contribution in [2.45, 2.75) is 13.0 Å². The average molecular weight is 273 g/mol. The number of amides is 1. The molecule has 0 spiro atoms. The van der Waals surface area contributed by atoms with E-state index in [4.69, 9.17) is 11.6 Å². The number of pyridine rings is 1. The van der Waals surface area contributed by atoms with Crippen molar-refractivity contribution in [3.05, 3.63) is 33.1 Å². The molecule has 98 valence electrons. The molecule has 1 rings (SSSR count). The minimum Gasteiger partial charge on any atom is -0.350 e. The Balaban J connectivity index is 2.84. The van der Waals surface area contributed by atoms with Gasteiger partial charge in [0.1, 0.15) is 11.3 Å². The number of nitrogens with one attached hydrogen (secondary N) is 2. The Kier molecular flexibility index (Phi) is 4.99. The summed E-state index contributed by atoms with van der Waals surface area (Å²) in [6.07, 6.45) is 1.01. The Labute approximate surface area is 109 Å². The predicted octanol–water partition coefficient (Wildman–Crippen LogP) is 0.981. The first-order valence-electron chi connectivity index (χ1n) is 5.21. The van der Waals surface area contributed by atoms with E-state index in [2.05, 4.69) is 15.6 Å². The van der Waals surface area contributed by atoms with Gasteiger partial charge in [-0.25, -0.2) is 4.98 Å². The highest BCUT2D eigenvalue weighted by Gasteiger charge is 2.17. The fraction of sp³-hybridized carbons (Fsp3) is 0.400. The summed E-state index contributed by atoms with van der Waals surface area (Å²) in [7, 11) is 1.76. The van der Waals surface area contributed by atoms with Crippen molar-refractivity contribution in [1.82, 2.24) is 15.6 Å². The Morgan fingerprint density at radius 2 is 2.33 bits per heavy atom. The standard InChI is InChI=1S/C10H13ClN4O3/c1-6(12-2)4-14-10(16)8-3-7(15(17)18)5-13-9(8)11/h3,5-6,12H,4H2,1-2H3,(H,14,16). The van der Waals surface area contributed by atoms with Crippen LogP contribution in [-0.2, 0) is 0 Å². The van der Waals surface area contributed by atoms with Crippen molar-refractivity contribution in [1.29, 1.82) is 0 Å². The van der Waals surface area contributed by atoms with Crippen LogP contribution in [0.2, 0.25) is 5.15 Å². The highest BCUT2D eigenvalue weighted by Crippen LogP contribution is 2.18. The molecule has 0 bridgehead atoms. The Bertz CT molecular complexity index is 466. The Hall–Kier alpha value is -1.73. The molecule has 1 unspecified atom stereocenters. The van der Waals surface area contributed by atoms with E-state index >= 15 is 0 Å². The first-order chi connectivity index (χ1) is 8.45. The lowest BCUT2D eigenvalue weighted by atomic mass is 10.2. The van der Waals surface area contributed by atoms with Gasteiger partial charge in [-0.05, 0) is 14.0 Å². The van der Waals surface area contributed by atoms with Crippen molar-refractivity contribution >= 4 is 23.2 Å². The first kappa shape index (κ1) is 14.3. The molecule has 18 heavy (non-hydrogen) atoms. The number of hydrogen-bond donors (Lipinski definition) is 2. The predicted molar refractivity (Wildman–Crippen MR) is 66.8 cm³/mol. The summed E-state index contributed by atoms with van der Waals surface area (Å²) in [6.45, 7) is 2.27. The van der Waals surface area contributed by atoms with Crippen LogP contribution in [0.15, 0.2) is 12.3 Å². The molecule has 1 aromatic rings. The second-order valence-electron chi connectivity index (χ2n) is 3.69. The minimum absolute atomic E-state index is 0.00540. The molecule has 0 aliphatic carbocycles. The quantitative estimate of drug-likeness (QED) is 0.473. The van der Waals surface area contributed by atoms with E-state index in [9.17, 15) is 14.9 Å². The van der Waals surface area contributed by atoms with Crippen LogP contribution in [0.4, 0.5) is 5.69 Å². The van der Waals surface area contributed by atoms with Crippen molar-refractivity contribution in [3.63, 3.8) is 0 Å². The van der Waals surface area contributed by atoms with Gasteiger partial charge < -0.3 is 10.6 Å². The van der Waals surface area contributed by atoms with Gasteiger partial charge in [-0.3, -0.25) is 14.9 Å². The number of rotatable bonds is 5. The number of aromatic nitrogens is 1. The van der Waals surface area contributed by atoms with Crippen LogP contribution in [-0.4, -0.2) is 35.4 Å². The van der Waals surface area contributed by atoms with E-state index in [0.717, 1.165) is 12.3 Å². The zero-order chi connectivity index (χ0) is 13.7. The normalized spacial score (nSPS) is 11.9. The van der Waals surface area contributed by atoms with Crippen molar-refractivity contribution in [3.8, 4) is 0 Å². The topological polar surface area (TPSA) is 97.2 Å². The number of nitrogens with zero attached hydrogens (tertiary/aromatic N) is 2. The maximum atomic E-state index is 11.8. The SMILES string of the molecule is CNC(C)CNC(=O)c1cc([N+](=O)[O-])cnc1Cl. The summed E-state index contributed by atoms with van der Waals surface area (Å²) in [6, 6.07) is 1.19. The van der Waals surface area contributed by atoms with Crippen molar-refractivity contribution in [2.75, 3.05) is 13.6 Å². The monoisotopic (exact) mass is 272 g/mol. The van der Waals surface area contributed by atoms with Crippen LogP contribution in [0, 0.1) is 10.1 Å². The number of nitro groups is 1. The molecule has 1 heterocycles. The largest absolute Gasteiger partial charge is 0.350 e. The highest BCUT2D eigenvalue weighted by atomic mass is 35.5. The number of carbonyl (C=O) groups excluding carboxylic acids is 1. The summed E-state index contributed by atoms with van der Waals surface area (Å²) in [5, 5.41) is 16.1. The third kappa shape index (κ3) is 3.64. The molecule has 0 aliphatic heterocycles. The molecular weight excluding hydrogens is 260 g/mol. The zero-order valence-corrected chi connectivity index (χ0v) is 10.7. The fourth-order valence-corrected chi connectivity index (χ4v) is 1.33. The molecule has 1 amide bonds. The second kappa shape index (κ2) is 6.27. The van der Waals surface area contributed by atoms with Gasteiger partial charge in [0.05, 0.1) is 10.5 Å². The molecule has 0 aliphatic rings. The fourth-order valence-electron chi connectivity index (χ4n) is 1.14. The van der Waals surface area contributed by atoms with Gasteiger partial charge >= 0.3 is 0 Å². The number of halogens is 1. The second-order valence-corrected chi connectivity index (χ2v) is 4.05. The molecule has 1 atom stereocenters. The molecular formula is C10H13ClN4O3. The zero-order valence-electron chi connectivity index (χ0n) is 9.94. The molecule has 7 nitrogen and oxygen atoms in total. The minimum atomic E-state index is -0.629. The van der Waals surface area contributed by atoms with Crippen LogP contribution in [0.5, 0.6) is 0 Å². The number of likely N-dealkylation sites (N-methyl/N-ethyl adjacent to an activating group) is 1. The van der Waals surface area contributed by atoms with Crippen LogP contribution >= 0.6 is 11.6 Å². The first-order valence-corrected chi connectivity index (χ1v) is 5.59.